The van der Waals surface area contributed by atoms with E-state index < -0.39 is 0 Å². The lowest BCUT2D eigenvalue weighted by Gasteiger charge is -2.37. The maximum absolute atomic E-state index is 13.7. The van der Waals surface area contributed by atoms with E-state index in [4.69, 9.17) is 0 Å². The molecule has 2 aromatic carbocycles. The summed E-state index contributed by atoms with van der Waals surface area (Å²) in [5.74, 6) is 0.000303. The van der Waals surface area contributed by atoms with Crippen LogP contribution in [-0.2, 0) is 11.2 Å². The Labute approximate surface area is 193 Å². The summed E-state index contributed by atoms with van der Waals surface area (Å²) in [4.78, 5) is 32.2. The normalized spacial score (nSPS) is 17.7. The molecule has 32 heavy (non-hydrogen) atoms. The van der Waals surface area contributed by atoms with Gasteiger partial charge in [0.05, 0.1) is 6.04 Å². The molecular weight excluding hydrogens is 416 g/mol. The number of hydrogen-bond acceptors (Lipinski definition) is 3. The molecule has 4 nitrogen and oxygen atoms in total. The minimum Gasteiger partial charge on any atom is -0.330 e. The van der Waals surface area contributed by atoms with Crippen LogP contribution in [0.15, 0.2) is 60.0 Å². The summed E-state index contributed by atoms with van der Waals surface area (Å²) in [6, 6.07) is 18.4. The van der Waals surface area contributed by atoms with Crippen LogP contribution in [0.5, 0.6) is 0 Å². The van der Waals surface area contributed by atoms with Crippen molar-refractivity contribution in [3.8, 4) is 0 Å². The number of rotatable bonds is 5. The van der Waals surface area contributed by atoms with Crippen molar-refractivity contribution in [2.75, 3.05) is 13.1 Å². The first-order chi connectivity index (χ1) is 15.5. The number of nitrogens with zero attached hydrogens (tertiary/aromatic N) is 2. The van der Waals surface area contributed by atoms with Crippen LogP contribution in [0, 0.1) is 13.8 Å². The molecule has 0 bridgehead atoms. The highest BCUT2D eigenvalue weighted by Crippen LogP contribution is 2.38. The molecule has 0 spiro atoms. The van der Waals surface area contributed by atoms with Crippen molar-refractivity contribution in [2.45, 2.75) is 45.2 Å². The van der Waals surface area contributed by atoms with Crippen LogP contribution in [0.4, 0.5) is 0 Å². The van der Waals surface area contributed by atoms with Crippen LogP contribution < -0.4 is 0 Å². The zero-order valence-corrected chi connectivity index (χ0v) is 19.4. The summed E-state index contributed by atoms with van der Waals surface area (Å²) in [7, 11) is 0. The first-order valence-electron chi connectivity index (χ1n) is 11.3. The van der Waals surface area contributed by atoms with Crippen molar-refractivity contribution in [1.29, 1.82) is 0 Å². The highest BCUT2D eigenvalue weighted by molar-refractivity contribution is 7.10. The number of fused-ring (bicyclic) bond motifs is 1. The Hall–Kier alpha value is -2.92. The lowest BCUT2D eigenvalue weighted by molar-refractivity contribution is -0.134. The van der Waals surface area contributed by atoms with Gasteiger partial charge in [0.1, 0.15) is 6.54 Å². The summed E-state index contributed by atoms with van der Waals surface area (Å²) in [6.07, 6.45) is 2.82. The van der Waals surface area contributed by atoms with E-state index in [1.54, 1.807) is 16.2 Å². The lowest BCUT2D eigenvalue weighted by atomic mass is 9.92. The second-order valence-corrected chi connectivity index (χ2v) is 9.93. The molecule has 3 aromatic rings. The summed E-state index contributed by atoms with van der Waals surface area (Å²) < 4.78 is 0. The Bertz CT molecular complexity index is 1150. The largest absolute Gasteiger partial charge is 0.330 e. The van der Waals surface area contributed by atoms with Crippen LogP contribution in [0.2, 0.25) is 0 Å². The summed E-state index contributed by atoms with van der Waals surface area (Å²) in [5, 5.41) is 2.12. The van der Waals surface area contributed by atoms with Gasteiger partial charge in [-0.3, -0.25) is 9.59 Å². The molecule has 0 saturated heterocycles. The molecule has 1 aliphatic carbocycles. The van der Waals surface area contributed by atoms with E-state index in [2.05, 4.69) is 42.6 Å². The first-order valence-corrected chi connectivity index (χ1v) is 12.2. The number of aryl methyl sites for hydroxylation is 2. The van der Waals surface area contributed by atoms with Crippen molar-refractivity contribution in [1.82, 2.24) is 9.80 Å². The number of benzene rings is 2. The zero-order chi connectivity index (χ0) is 22.2. The standard InChI is InChI=1S/C27H28N2O2S/c1-18-7-9-20(10-8-18)26-23-14-16-32-24(23)13-15-28(26)25(30)17-29(21-11-12-21)27(31)22-6-4-3-5-19(22)2/h3-10,14,16,21,26H,11-13,15,17H2,1-2H3. The maximum Gasteiger partial charge on any atom is 0.254 e. The molecule has 0 N–H and O–H groups in total. The third kappa shape index (κ3) is 3.97. The van der Waals surface area contributed by atoms with Crippen LogP contribution in [0.25, 0.3) is 0 Å². The van der Waals surface area contributed by atoms with Gasteiger partial charge in [-0.25, -0.2) is 0 Å². The number of hydrogen-bond donors (Lipinski definition) is 0. The van der Waals surface area contributed by atoms with E-state index in [-0.39, 0.29) is 30.4 Å². The second-order valence-electron chi connectivity index (χ2n) is 8.93. The minimum atomic E-state index is -0.0901. The SMILES string of the molecule is Cc1ccc(C2c3ccsc3CCN2C(=O)CN(C(=O)c2ccccc2C)C2CC2)cc1. The van der Waals surface area contributed by atoms with E-state index in [0.717, 1.165) is 30.4 Å². The Balaban J connectivity index is 1.43. The Kier molecular flexibility index (Phi) is 5.60. The fourth-order valence-electron chi connectivity index (χ4n) is 4.65. The van der Waals surface area contributed by atoms with Gasteiger partial charge in [0.25, 0.3) is 5.91 Å². The average Bonchev–Trinajstić information content (AvgIpc) is 3.53. The molecule has 1 fully saturated rings. The number of carbonyl (C=O) groups excluding carboxylic acids is 2. The van der Waals surface area contributed by atoms with E-state index in [1.165, 1.54) is 16.0 Å². The topological polar surface area (TPSA) is 40.6 Å². The number of amides is 2. The maximum atomic E-state index is 13.7. The van der Waals surface area contributed by atoms with E-state index in [1.807, 2.05) is 36.1 Å². The van der Waals surface area contributed by atoms with E-state index >= 15 is 0 Å². The molecule has 2 heterocycles. The Morgan fingerprint density at radius 1 is 1.03 bits per heavy atom. The van der Waals surface area contributed by atoms with Crippen molar-refractivity contribution in [3.05, 3.63) is 92.7 Å². The molecular formula is C27H28N2O2S. The molecule has 1 unspecified atom stereocenters. The third-order valence-corrected chi connectivity index (χ3v) is 7.61. The highest BCUT2D eigenvalue weighted by Gasteiger charge is 2.38. The fourth-order valence-corrected chi connectivity index (χ4v) is 5.55. The average molecular weight is 445 g/mol. The molecule has 5 heteroatoms. The summed E-state index contributed by atoms with van der Waals surface area (Å²) in [6.45, 7) is 4.85. The van der Waals surface area contributed by atoms with Crippen molar-refractivity contribution in [2.24, 2.45) is 0 Å². The lowest BCUT2D eigenvalue weighted by Crippen LogP contribution is -2.47. The van der Waals surface area contributed by atoms with Crippen LogP contribution in [-0.4, -0.2) is 40.7 Å². The number of carbonyl (C=O) groups is 2. The van der Waals surface area contributed by atoms with Crippen LogP contribution in [0.1, 0.15) is 56.4 Å². The summed E-state index contributed by atoms with van der Waals surface area (Å²) in [5.41, 5.74) is 5.21. The predicted molar refractivity (Wildman–Crippen MR) is 128 cm³/mol. The third-order valence-electron chi connectivity index (χ3n) is 6.61. The molecule has 0 radical (unpaired) electrons. The van der Waals surface area contributed by atoms with Gasteiger partial charge >= 0.3 is 0 Å². The van der Waals surface area contributed by atoms with Gasteiger partial charge in [-0.1, -0.05) is 48.0 Å². The Morgan fingerprint density at radius 2 is 1.78 bits per heavy atom. The molecule has 1 aliphatic heterocycles. The van der Waals surface area contributed by atoms with Crippen molar-refractivity contribution >= 4 is 23.2 Å². The van der Waals surface area contributed by atoms with E-state index in [0.29, 0.717) is 12.1 Å². The van der Waals surface area contributed by atoms with Gasteiger partial charge in [-0.2, -0.15) is 0 Å². The second kappa shape index (κ2) is 8.55. The molecule has 1 saturated carbocycles. The molecule has 1 atom stereocenters. The van der Waals surface area contributed by atoms with Crippen molar-refractivity contribution in [3.63, 3.8) is 0 Å². The minimum absolute atomic E-state index is 0.0286. The smallest absolute Gasteiger partial charge is 0.254 e. The predicted octanol–water partition coefficient (Wildman–Crippen LogP) is 5.14. The van der Waals surface area contributed by atoms with Gasteiger partial charge < -0.3 is 9.80 Å². The molecule has 2 aliphatic rings. The zero-order valence-electron chi connectivity index (χ0n) is 18.6. The number of thiophene rings is 1. The molecule has 5 rings (SSSR count). The highest BCUT2D eigenvalue weighted by atomic mass is 32.1. The molecule has 1 aromatic heterocycles. The van der Waals surface area contributed by atoms with Crippen molar-refractivity contribution < 1.29 is 9.59 Å². The summed E-state index contributed by atoms with van der Waals surface area (Å²) >= 11 is 1.77. The van der Waals surface area contributed by atoms with Gasteiger partial charge in [0.15, 0.2) is 0 Å². The monoisotopic (exact) mass is 444 g/mol. The van der Waals surface area contributed by atoms with Gasteiger partial charge in [-0.15, -0.1) is 11.3 Å². The molecule has 2 amide bonds. The Morgan fingerprint density at radius 3 is 2.50 bits per heavy atom. The van der Waals surface area contributed by atoms with Gasteiger partial charge in [0.2, 0.25) is 5.91 Å². The molecule has 164 valence electrons. The quantitative estimate of drug-likeness (QED) is 0.546. The van der Waals surface area contributed by atoms with Crippen LogP contribution >= 0.6 is 11.3 Å². The van der Waals surface area contributed by atoms with Crippen LogP contribution in [0.3, 0.4) is 0 Å². The fraction of sp³-hybridized carbons (Fsp3) is 0.333. The first kappa shape index (κ1) is 21.0. The van der Waals surface area contributed by atoms with Gasteiger partial charge in [-0.05, 0) is 67.3 Å². The van der Waals surface area contributed by atoms with Gasteiger partial charge in [0, 0.05) is 23.0 Å². The van der Waals surface area contributed by atoms with E-state index in [9.17, 15) is 9.59 Å².